The maximum Gasteiger partial charge on any atom is 0.254 e. The van der Waals surface area contributed by atoms with Crippen LogP contribution in [0.1, 0.15) is 27.9 Å². The Morgan fingerprint density at radius 2 is 1.81 bits per heavy atom. The maximum atomic E-state index is 13.7. The molecule has 6 nitrogen and oxygen atoms in total. The van der Waals surface area contributed by atoms with E-state index in [0.29, 0.717) is 46.1 Å². The van der Waals surface area contributed by atoms with Gasteiger partial charge in [0, 0.05) is 56.1 Å². The molecule has 7 heteroatoms. The van der Waals surface area contributed by atoms with E-state index < -0.39 is 0 Å². The van der Waals surface area contributed by atoms with Crippen molar-refractivity contribution in [3.63, 3.8) is 0 Å². The Morgan fingerprint density at radius 3 is 2.56 bits per heavy atom. The van der Waals surface area contributed by atoms with Crippen molar-refractivity contribution < 1.29 is 9.18 Å². The molecular weight excluding hydrogens is 453 g/mol. The summed E-state index contributed by atoms with van der Waals surface area (Å²) >= 11 is 0. The summed E-state index contributed by atoms with van der Waals surface area (Å²) < 4.78 is 13.7. The Kier molecular flexibility index (Phi) is 7.93. The lowest BCUT2D eigenvalue weighted by Crippen LogP contribution is -2.41. The second kappa shape index (κ2) is 11.3. The number of halogens is 1. The number of nitrogens with zero attached hydrogens (tertiary/aromatic N) is 3. The van der Waals surface area contributed by atoms with Gasteiger partial charge in [0.05, 0.1) is 16.6 Å². The molecule has 3 aromatic rings. The smallest absolute Gasteiger partial charge is 0.254 e. The molecule has 4 N–H and O–H groups in total. The summed E-state index contributed by atoms with van der Waals surface area (Å²) in [5.74, 6) is -0.528. The normalized spacial score (nSPS) is 12.8. The molecule has 0 saturated heterocycles. The van der Waals surface area contributed by atoms with Gasteiger partial charge >= 0.3 is 0 Å². The molecule has 0 atom stereocenters. The highest BCUT2D eigenvalue weighted by molar-refractivity contribution is 5.96. The van der Waals surface area contributed by atoms with E-state index in [1.807, 2.05) is 43.5 Å². The first-order valence-electron chi connectivity index (χ1n) is 12.0. The molecule has 1 aliphatic rings. The third-order valence-corrected chi connectivity index (χ3v) is 6.17. The van der Waals surface area contributed by atoms with Gasteiger partial charge in [-0.3, -0.25) is 4.79 Å². The third kappa shape index (κ3) is 5.87. The molecule has 0 aliphatic heterocycles. The fourth-order valence-electron chi connectivity index (χ4n) is 4.42. The van der Waals surface area contributed by atoms with Crippen LogP contribution in [0.3, 0.4) is 0 Å². The van der Waals surface area contributed by atoms with E-state index in [4.69, 9.17) is 16.5 Å². The number of allylic oxidation sites excluding steroid dienone is 1. The average molecular weight is 486 g/mol. The van der Waals surface area contributed by atoms with E-state index in [-0.39, 0.29) is 18.3 Å². The van der Waals surface area contributed by atoms with E-state index in [1.165, 1.54) is 12.1 Å². The average Bonchev–Trinajstić information content (AvgIpc) is 3.04. The number of pyridine rings is 1. The number of benzene rings is 2. The van der Waals surface area contributed by atoms with Crippen LogP contribution < -0.4 is 22.0 Å². The lowest BCUT2D eigenvalue weighted by molar-refractivity contribution is 0.0783. The molecule has 1 aliphatic carbocycles. The minimum Gasteiger partial charge on any atom is -0.401 e. The zero-order chi connectivity index (χ0) is 25.7. The summed E-state index contributed by atoms with van der Waals surface area (Å²) in [4.78, 5) is 22.3. The first kappa shape index (κ1) is 25.3. The molecule has 1 aromatic heterocycles. The lowest BCUT2D eigenvalue weighted by Gasteiger charge is -2.19. The minimum atomic E-state index is -0.330. The number of hydrogen-bond donors (Lipinski definition) is 2. The highest BCUT2D eigenvalue weighted by Crippen LogP contribution is 2.20. The Bertz CT molecular complexity index is 1420. The topological polar surface area (TPSA) is 88.5 Å². The predicted molar refractivity (Wildman–Crippen MR) is 142 cm³/mol. The van der Waals surface area contributed by atoms with Gasteiger partial charge < -0.3 is 21.3 Å². The van der Waals surface area contributed by atoms with E-state index >= 15 is 0 Å². The van der Waals surface area contributed by atoms with Gasteiger partial charge in [-0.05, 0) is 48.5 Å². The minimum absolute atomic E-state index is 0.198. The van der Waals surface area contributed by atoms with E-state index in [2.05, 4.69) is 17.0 Å². The van der Waals surface area contributed by atoms with Gasteiger partial charge in [0.25, 0.3) is 5.91 Å². The van der Waals surface area contributed by atoms with Gasteiger partial charge in [-0.1, -0.05) is 42.5 Å². The monoisotopic (exact) mass is 485 g/mol. The fraction of sp³-hybridized carbons (Fsp3) is 0.241. The Balaban J connectivity index is 1.77. The number of carbonyl (C=O) groups excluding carboxylic acids is 1. The quantitative estimate of drug-likeness (QED) is 0.512. The molecule has 2 aromatic carbocycles. The van der Waals surface area contributed by atoms with Crippen LogP contribution in [0.25, 0.3) is 23.0 Å². The Labute approximate surface area is 211 Å². The molecule has 0 saturated carbocycles. The van der Waals surface area contributed by atoms with Crippen LogP contribution in [-0.2, 0) is 13.1 Å². The summed E-state index contributed by atoms with van der Waals surface area (Å²) in [7, 11) is 3.74. The first-order chi connectivity index (χ1) is 17.4. The Morgan fingerprint density at radius 1 is 1.06 bits per heavy atom. The summed E-state index contributed by atoms with van der Waals surface area (Å²) in [5.41, 5.74) is 16.6. The van der Waals surface area contributed by atoms with Crippen LogP contribution in [0.15, 0.2) is 66.7 Å². The van der Waals surface area contributed by atoms with E-state index in [0.717, 1.165) is 24.2 Å². The standard InChI is InChI=1S/C29H32FN5O/c1-34(14-13-31)18-20-7-5-9-22(15-20)27-17-24(28-25(32)11-3-4-12-26(28)33-27)29(36)35(2)19-21-8-6-10-23(30)16-21/h3-10,12,15-17H,11,13-14,18-19,31-32H2,1-2H3. The van der Waals surface area contributed by atoms with Crippen molar-refractivity contribution in [3.8, 4) is 11.3 Å². The van der Waals surface area contributed by atoms with Crippen molar-refractivity contribution >= 4 is 17.7 Å². The molecular formula is C29H32FN5O. The number of carbonyl (C=O) groups is 1. The molecule has 0 bridgehead atoms. The van der Waals surface area contributed by atoms with Gasteiger partial charge in [-0.25, -0.2) is 9.37 Å². The molecule has 1 amide bonds. The van der Waals surface area contributed by atoms with Gasteiger partial charge in [0.15, 0.2) is 0 Å². The van der Waals surface area contributed by atoms with Crippen molar-refractivity contribution in [2.24, 2.45) is 11.5 Å². The van der Waals surface area contributed by atoms with Crippen molar-refractivity contribution in [3.05, 3.63) is 99.8 Å². The zero-order valence-electron chi connectivity index (χ0n) is 20.7. The van der Waals surface area contributed by atoms with E-state index in [1.54, 1.807) is 24.1 Å². The Hall–Kier alpha value is -3.81. The number of hydrogen-bond acceptors (Lipinski definition) is 5. The summed E-state index contributed by atoms with van der Waals surface area (Å²) in [6.45, 7) is 2.42. The van der Waals surface area contributed by atoms with Crippen LogP contribution in [-0.4, -0.2) is 47.9 Å². The second-order valence-corrected chi connectivity index (χ2v) is 9.16. The van der Waals surface area contributed by atoms with Gasteiger partial charge in [0.2, 0.25) is 0 Å². The summed E-state index contributed by atoms with van der Waals surface area (Å²) in [5, 5.41) is 1.31. The van der Waals surface area contributed by atoms with Gasteiger partial charge in [0.1, 0.15) is 5.82 Å². The number of amides is 1. The van der Waals surface area contributed by atoms with Crippen LogP contribution in [0, 0.1) is 5.82 Å². The molecule has 0 radical (unpaired) electrons. The highest BCUT2D eigenvalue weighted by Gasteiger charge is 2.19. The van der Waals surface area contributed by atoms with Crippen LogP contribution in [0.4, 0.5) is 4.39 Å². The fourth-order valence-corrected chi connectivity index (χ4v) is 4.42. The maximum absolute atomic E-state index is 13.7. The van der Waals surface area contributed by atoms with Crippen molar-refractivity contribution in [2.75, 3.05) is 27.2 Å². The van der Waals surface area contributed by atoms with Crippen molar-refractivity contribution in [2.45, 2.75) is 19.5 Å². The zero-order valence-corrected chi connectivity index (χ0v) is 20.7. The van der Waals surface area contributed by atoms with Crippen molar-refractivity contribution in [1.29, 1.82) is 0 Å². The third-order valence-electron chi connectivity index (χ3n) is 6.17. The number of fused-ring (bicyclic) bond motifs is 1. The number of likely N-dealkylation sites (N-methyl/N-ethyl adjacent to an activating group) is 1. The molecule has 1 heterocycles. The largest absolute Gasteiger partial charge is 0.401 e. The summed E-state index contributed by atoms with van der Waals surface area (Å²) in [6, 6.07) is 16.2. The number of aromatic nitrogens is 1. The van der Waals surface area contributed by atoms with Gasteiger partial charge in [-0.15, -0.1) is 0 Å². The van der Waals surface area contributed by atoms with Crippen LogP contribution in [0.5, 0.6) is 0 Å². The number of rotatable bonds is 8. The first-order valence-corrected chi connectivity index (χ1v) is 12.0. The molecule has 36 heavy (non-hydrogen) atoms. The van der Waals surface area contributed by atoms with Crippen LogP contribution >= 0.6 is 0 Å². The SMILES string of the molecule is CN(CCN)Cc1cccc(-c2cc(C(=O)N(C)Cc3cccc(F)c3)c3c(n2)=CC=CCC=3N)c1. The second-order valence-electron chi connectivity index (χ2n) is 9.16. The van der Waals surface area contributed by atoms with Crippen molar-refractivity contribution in [1.82, 2.24) is 14.8 Å². The lowest BCUT2D eigenvalue weighted by atomic mass is 10.0. The van der Waals surface area contributed by atoms with E-state index in [9.17, 15) is 9.18 Å². The summed E-state index contributed by atoms with van der Waals surface area (Å²) in [6.07, 6.45) is 6.29. The molecule has 0 fully saturated rings. The molecule has 186 valence electrons. The highest BCUT2D eigenvalue weighted by atomic mass is 19.1. The van der Waals surface area contributed by atoms with Crippen LogP contribution in [0.2, 0.25) is 0 Å². The van der Waals surface area contributed by atoms with Gasteiger partial charge in [-0.2, -0.15) is 0 Å². The molecule has 0 spiro atoms. The molecule has 4 rings (SSSR count). The molecule has 0 unspecified atom stereocenters. The predicted octanol–water partition coefficient (Wildman–Crippen LogP) is 2.36. The number of nitrogens with two attached hydrogens (primary N) is 2.